The monoisotopic (exact) mass is 486 g/mol. The van der Waals surface area contributed by atoms with E-state index in [0.29, 0.717) is 21.5 Å². The van der Waals surface area contributed by atoms with Crippen LogP contribution < -0.4 is 15.1 Å². The van der Waals surface area contributed by atoms with Gasteiger partial charge < -0.3 is 9.64 Å². The maximum absolute atomic E-state index is 12.5. The second-order valence-electron chi connectivity index (χ2n) is 7.67. The van der Waals surface area contributed by atoms with E-state index in [-0.39, 0.29) is 37.3 Å². The van der Waals surface area contributed by atoms with Crippen molar-refractivity contribution in [1.29, 1.82) is 0 Å². The van der Waals surface area contributed by atoms with Crippen LogP contribution in [0.3, 0.4) is 0 Å². The van der Waals surface area contributed by atoms with Crippen molar-refractivity contribution in [3.63, 3.8) is 0 Å². The fraction of sp³-hybridized carbons (Fsp3) is 0.364. The predicted octanol–water partition coefficient (Wildman–Crippen LogP) is 5.38. The van der Waals surface area contributed by atoms with E-state index < -0.39 is 5.60 Å². The van der Waals surface area contributed by atoms with E-state index in [1.165, 1.54) is 4.90 Å². The summed E-state index contributed by atoms with van der Waals surface area (Å²) >= 11 is 17.8. The normalized spacial score (nSPS) is 11.2. The summed E-state index contributed by atoms with van der Waals surface area (Å²) < 4.78 is 5.93. The van der Waals surface area contributed by atoms with E-state index in [4.69, 9.17) is 44.4 Å². The number of alkyl halides is 1. The Labute approximate surface area is 197 Å². The van der Waals surface area contributed by atoms with Crippen LogP contribution in [0.15, 0.2) is 42.5 Å². The summed E-state index contributed by atoms with van der Waals surface area (Å²) in [6.45, 7) is 5.78. The van der Waals surface area contributed by atoms with Gasteiger partial charge in [-0.2, -0.15) is 0 Å². The van der Waals surface area contributed by atoms with Crippen LogP contribution in [0.25, 0.3) is 0 Å². The Bertz CT molecular complexity index is 916. The molecule has 9 heteroatoms. The molecule has 0 fully saturated rings. The molecule has 0 aliphatic carbocycles. The molecule has 6 nitrogen and oxygen atoms in total. The molecule has 0 saturated heterocycles. The first-order valence-electron chi connectivity index (χ1n) is 9.59. The lowest BCUT2D eigenvalue weighted by Crippen LogP contribution is -2.38. The summed E-state index contributed by atoms with van der Waals surface area (Å²) in [6.07, 6.45) is 0.0276. The minimum absolute atomic E-state index is 0.0276. The molecule has 168 valence electrons. The van der Waals surface area contributed by atoms with Gasteiger partial charge in [0.1, 0.15) is 18.2 Å². The van der Waals surface area contributed by atoms with Crippen molar-refractivity contribution >= 4 is 52.3 Å². The molecule has 2 aromatic carbocycles. The molecule has 0 atom stereocenters. The Morgan fingerprint density at radius 3 is 2.42 bits per heavy atom. The molecule has 31 heavy (non-hydrogen) atoms. The third-order valence-electron chi connectivity index (χ3n) is 3.98. The van der Waals surface area contributed by atoms with Crippen molar-refractivity contribution in [1.82, 2.24) is 5.48 Å². The van der Waals surface area contributed by atoms with Crippen LogP contribution in [-0.2, 0) is 21.0 Å². The average molecular weight is 488 g/mol. The summed E-state index contributed by atoms with van der Waals surface area (Å²) in [5.41, 5.74) is 3.20. The van der Waals surface area contributed by atoms with Crippen LogP contribution in [0.5, 0.6) is 5.75 Å². The van der Waals surface area contributed by atoms with Crippen molar-refractivity contribution in [2.24, 2.45) is 0 Å². The van der Waals surface area contributed by atoms with Gasteiger partial charge in [0.2, 0.25) is 11.8 Å². The van der Waals surface area contributed by atoms with Crippen LogP contribution >= 0.6 is 34.8 Å². The number of nitrogens with one attached hydrogen (secondary N) is 1. The highest BCUT2D eigenvalue weighted by Gasteiger charge is 2.21. The predicted molar refractivity (Wildman–Crippen MR) is 124 cm³/mol. The number of hydroxylamine groups is 1. The fourth-order valence-corrected chi connectivity index (χ4v) is 2.98. The van der Waals surface area contributed by atoms with Gasteiger partial charge in [0.15, 0.2) is 0 Å². The number of halogens is 3. The molecule has 0 aliphatic heterocycles. The minimum Gasteiger partial charge on any atom is -0.487 e. The Hall–Kier alpha value is -1.99. The van der Waals surface area contributed by atoms with Gasteiger partial charge in [-0.05, 0) is 50.6 Å². The number of carbonyl (C=O) groups excluding carboxylic acids is 2. The quantitative estimate of drug-likeness (QED) is 0.381. The summed E-state index contributed by atoms with van der Waals surface area (Å²) in [4.78, 5) is 31.3. The first-order chi connectivity index (χ1) is 14.6. The van der Waals surface area contributed by atoms with Crippen LogP contribution in [0, 0.1) is 0 Å². The number of carbonyl (C=O) groups is 2. The molecule has 0 saturated carbocycles. The number of hydrogen-bond donors (Lipinski definition) is 1. The van der Waals surface area contributed by atoms with Crippen molar-refractivity contribution in [2.75, 3.05) is 17.3 Å². The van der Waals surface area contributed by atoms with E-state index >= 15 is 0 Å². The SMILES string of the molecule is CC(C)(C)ONC(=O)CCN(C(=O)CCl)c1ccccc1OCc1ccc(Cl)c(Cl)c1. The fourth-order valence-electron chi connectivity index (χ4n) is 2.52. The number of benzene rings is 2. The number of para-hydroxylation sites is 2. The maximum atomic E-state index is 12.5. The molecule has 0 heterocycles. The Morgan fingerprint density at radius 1 is 1.06 bits per heavy atom. The van der Waals surface area contributed by atoms with Gasteiger partial charge >= 0.3 is 0 Å². The maximum Gasteiger partial charge on any atom is 0.245 e. The lowest BCUT2D eigenvalue weighted by atomic mass is 10.2. The smallest absolute Gasteiger partial charge is 0.245 e. The number of rotatable bonds is 9. The molecular formula is C22H25Cl3N2O4. The topological polar surface area (TPSA) is 67.9 Å². The molecule has 2 rings (SSSR count). The van der Waals surface area contributed by atoms with Crippen molar-refractivity contribution in [2.45, 2.75) is 39.4 Å². The number of nitrogens with zero attached hydrogens (tertiary/aromatic N) is 1. The molecule has 0 unspecified atom stereocenters. The molecule has 2 aromatic rings. The van der Waals surface area contributed by atoms with Gasteiger partial charge in [-0.3, -0.25) is 14.4 Å². The molecular weight excluding hydrogens is 463 g/mol. The van der Waals surface area contributed by atoms with Gasteiger partial charge in [0.05, 0.1) is 21.3 Å². The summed E-state index contributed by atoms with van der Waals surface area (Å²) in [6, 6.07) is 12.3. The highest BCUT2D eigenvalue weighted by molar-refractivity contribution is 6.42. The number of amides is 2. The third-order valence-corrected chi connectivity index (χ3v) is 4.95. The number of anilines is 1. The first kappa shape index (κ1) is 25.3. The number of ether oxygens (including phenoxy) is 1. The average Bonchev–Trinajstić information content (AvgIpc) is 2.73. The van der Waals surface area contributed by atoms with Crippen LogP contribution in [0.2, 0.25) is 10.0 Å². The van der Waals surface area contributed by atoms with Crippen molar-refractivity contribution in [3.8, 4) is 5.75 Å². The molecule has 0 aromatic heterocycles. The molecule has 0 spiro atoms. The standard InChI is InChI=1S/C22H25Cl3N2O4/c1-22(2,3)31-26-20(28)10-11-27(21(29)13-23)18-6-4-5-7-19(18)30-14-15-8-9-16(24)17(25)12-15/h4-9,12H,10-11,13-14H2,1-3H3,(H,26,28). The number of hydrogen-bond acceptors (Lipinski definition) is 4. The van der Waals surface area contributed by atoms with Gasteiger partial charge in [-0.15, -0.1) is 11.6 Å². The van der Waals surface area contributed by atoms with E-state index in [1.54, 1.807) is 42.5 Å². The van der Waals surface area contributed by atoms with Crippen LogP contribution in [-0.4, -0.2) is 29.8 Å². The van der Waals surface area contributed by atoms with Crippen molar-refractivity contribution in [3.05, 3.63) is 58.1 Å². The Morgan fingerprint density at radius 2 is 1.77 bits per heavy atom. The Kier molecular flexibility index (Phi) is 9.44. The lowest BCUT2D eigenvalue weighted by molar-refractivity contribution is -0.145. The second-order valence-corrected chi connectivity index (χ2v) is 8.76. The molecule has 0 aliphatic rings. The summed E-state index contributed by atoms with van der Waals surface area (Å²) in [7, 11) is 0. The highest BCUT2D eigenvalue weighted by atomic mass is 35.5. The molecule has 0 bridgehead atoms. The van der Waals surface area contributed by atoms with E-state index in [0.717, 1.165) is 5.56 Å². The molecule has 0 radical (unpaired) electrons. The van der Waals surface area contributed by atoms with Gasteiger partial charge in [0, 0.05) is 13.0 Å². The summed E-state index contributed by atoms with van der Waals surface area (Å²) in [5.74, 6) is -0.465. The van der Waals surface area contributed by atoms with Gasteiger partial charge in [0.25, 0.3) is 0 Å². The van der Waals surface area contributed by atoms with Crippen LogP contribution in [0.4, 0.5) is 5.69 Å². The van der Waals surface area contributed by atoms with E-state index in [2.05, 4.69) is 5.48 Å². The zero-order valence-electron chi connectivity index (χ0n) is 17.6. The van der Waals surface area contributed by atoms with Gasteiger partial charge in [-0.1, -0.05) is 41.4 Å². The summed E-state index contributed by atoms with van der Waals surface area (Å²) in [5, 5.41) is 0.886. The zero-order valence-corrected chi connectivity index (χ0v) is 19.9. The second kappa shape index (κ2) is 11.6. The van der Waals surface area contributed by atoms with Crippen LogP contribution in [0.1, 0.15) is 32.8 Å². The molecule has 2 amide bonds. The lowest BCUT2D eigenvalue weighted by Gasteiger charge is -2.25. The third kappa shape index (κ3) is 8.22. The van der Waals surface area contributed by atoms with Crippen molar-refractivity contribution < 1.29 is 19.2 Å². The van der Waals surface area contributed by atoms with E-state index in [9.17, 15) is 9.59 Å². The first-order valence-corrected chi connectivity index (χ1v) is 10.9. The molecule has 1 N–H and O–H groups in total. The Balaban J connectivity index is 2.12. The minimum atomic E-state index is -0.522. The van der Waals surface area contributed by atoms with Gasteiger partial charge in [-0.25, -0.2) is 5.48 Å². The zero-order chi connectivity index (χ0) is 23.0. The van der Waals surface area contributed by atoms with E-state index in [1.807, 2.05) is 20.8 Å². The highest BCUT2D eigenvalue weighted by Crippen LogP contribution is 2.30. The largest absolute Gasteiger partial charge is 0.487 e.